The summed E-state index contributed by atoms with van der Waals surface area (Å²) in [5, 5.41) is 5.45. The number of nitrogens with one attached hydrogen (secondary N) is 1. The number of halogens is 1. The lowest BCUT2D eigenvalue weighted by molar-refractivity contribution is 0.535. The van der Waals surface area contributed by atoms with Crippen molar-refractivity contribution in [1.82, 2.24) is 10.3 Å². The van der Waals surface area contributed by atoms with Crippen LogP contribution in [0.25, 0.3) is 0 Å². The number of hydrogen-bond acceptors (Lipinski definition) is 3. The smallest absolute Gasteiger partial charge is 0.123 e. The molecule has 0 aliphatic carbocycles. The number of hydrogen-bond donors (Lipinski definition) is 1. The number of benzene rings is 1. The van der Waals surface area contributed by atoms with Gasteiger partial charge in [-0.3, -0.25) is 0 Å². The zero-order chi connectivity index (χ0) is 13.0. The molecule has 0 radical (unpaired) electrons. The number of aryl methyl sites for hydroxylation is 1. The summed E-state index contributed by atoms with van der Waals surface area (Å²) in [6.07, 6.45) is 0.765. The molecule has 0 aliphatic heterocycles. The lowest BCUT2D eigenvalue weighted by atomic mass is 9.99. The van der Waals surface area contributed by atoms with Gasteiger partial charge in [0.15, 0.2) is 0 Å². The van der Waals surface area contributed by atoms with Crippen molar-refractivity contribution in [1.29, 1.82) is 0 Å². The quantitative estimate of drug-likeness (QED) is 0.894. The number of rotatable bonds is 5. The first-order valence-corrected chi connectivity index (χ1v) is 7.01. The minimum Gasteiger partial charge on any atom is -0.309 e. The van der Waals surface area contributed by atoms with Crippen LogP contribution >= 0.6 is 11.3 Å². The normalized spacial score (nSPS) is 12.6. The molecule has 0 fully saturated rings. The van der Waals surface area contributed by atoms with Crippen molar-refractivity contribution in [2.75, 3.05) is 6.54 Å². The van der Waals surface area contributed by atoms with E-state index in [1.54, 1.807) is 17.4 Å². The Labute approximate surface area is 111 Å². The molecule has 2 aromatic rings. The molecule has 1 unspecified atom stereocenters. The van der Waals surface area contributed by atoms with Crippen LogP contribution in [-0.2, 0) is 6.42 Å². The fraction of sp³-hybridized carbons (Fsp3) is 0.357. The molecule has 0 saturated heterocycles. The molecule has 0 saturated carbocycles. The highest BCUT2D eigenvalue weighted by Crippen LogP contribution is 2.21. The zero-order valence-electron chi connectivity index (χ0n) is 10.6. The molecule has 18 heavy (non-hydrogen) atoms. The van der Waals surface area contributed by atoms with Gasteiger partial charge in [0.2, 0.25) is 0 Å². The van der Waals surface area contributed by atoms with Crippen molar-refractivity contribution in [2.24, 2.45) is 0 Å². The summed E-state index contributed by atoms with van der Waals surface area (Å²) in [6, 6.07) is 5.10. The molecule has 1 aromatic heterocycles. The van der Waals surface area contributed by atoms with E-state index in [0.717, 1.165) is 29.8 Å². The lowest BCUT2D eigenvalue weighted by Gasteiger charge is -2.17. The van der Waals surface area contributed by atoms with Crippen LogP contribution in [0.2, 0.25) is 0 Å². The van der Waals surface area contributed by atoms with Gasteiger partial charge in [-0.2, -0.15) is 0 Å². The first-order valence-electron chi connectivity index (χ1n) is 6.07. The minimum atomic E-state index is -0.177. The van der Waals surface area contributed by atoms with Gasteiger partial charge in [-0.25, -0.2) is 9.37 Å². The number of nitrogens with zero attached hydrogens (tertiary/aromatic N) is 1. The predicted molar refractivity (Wildman–Crippen MR) is 73.4 cm³/mol. The van der Waals surface area contributed by atoms with E-state index in [4.69, 9.17) is 0 Å². The highest BCUT2D eigenvalue weighted by molar-refractivity contribution is 7.07. The highest BCUT2D eigenvalue weighted by Gasteiger charge is 2.14. The summed E-state index contributed by atoms with van der Waals surface area (Å²) in [7, 11) is 0. The summed E-state index contributed by atoms with van der Waals surface area (Å²) >= 11 is 1.59. The number of thiazole rings is 1. The Balaban J connectivity index is 2.21. The monoisotopic (exact) mass is 264 g/mol. The number of aromatic nitrogens is 1. The Morgan fingerprint density at radius 1 is 1.44 bits per heavy atom. The maximum absolute atomic E-state index is 13.3. The van der Waals surface area contributed by atoms with E-state index in [-0.39, 0.29) is 11.9 Å². The van der Waals surface area contributed by atoms with E-state index in [0.29, 0.717) is 0 Å². The maximum Gasteiger partial charge on any atom is 0.123 e. The van der Waals surface area contributed by atoms with Crippen molar-refractivity contribution in [2.45, 2.75) is 26.3 Å². The zero-order valence-corrected chi connectivity index (χ0v) is 11.4. The molecule has 1 atom stereocenters. The fourth-order valence-corrected chi connectivity index (χ4v) is 2.61. The molecule has 0 bridgehead atoms. The first kappa shape index (κ1) is 13.2. The van der Waals surface area contributed by atoms with Crippen LogP contribution in [0.15, 0.2) is 29.1 Å². The topological polar surface area (TPSA) is 24.9 Å². The summed E-state index contributed by atoms with van der Waals surface area (Å²) in [4.78, 5) is 4.35. The van der Waals surface area contributed by atoms with Gasteiger partial charge in [0.1, 0.15) is 5.82 Å². The van der Waals surface area contributed by atoms with Crippen molar-refractivity contribution in [3.63, 3.8) is 0 Å². The third-order valence-electron chi connectivity index (χ3n) is 2.99. The van der Waals surface area contributed by atoms with E-state index in [1.165, 1.54) is 6.07 Å². The van der Waals surface area contributed by atoms with E-state index >= 15 is 0 Å². The van der Waals surface area contributed by atoms with Crippen molar-refractivity contribution >= 4 is 11.3 Å². The molecule has 4 heteroatoms. The molecule has 96 valence electrons. The number of likely N-dealkylation sites (N-methyl/N-ethyl adjacent to an activating group) is 1. The molecule has 0 spiro atoms. The Bertz CT molecular complexity index is 497. The molecule has 2 nitrogen and oxygen atoms in total. The Hall–Kier alpha value is -1.26. The van der Waals surface area contributed by atoms with Crippen LogP contribution in [0.3, 0.4) is 0 Å². The minimum absolute atomic E-state index is 0.154. The highest BCUT2D eigenvalue weighted by atomic mass is 32.1. The van der Waals surface area contributed by atoms with Gasteiger partial charge in [0.25, 0.3) is 0 Å². The Kier molecular flexibility index (Phi) is 4.44. The van der Waals surface area contributed by atoms with Crippen LogP contribution < -0.4 is 5.32 Å². The van der Waals surface area contributed by atoms with Gasteiger partial charge >= 0.3 is 0 Å². The van der Waals surface area contributed by atoms with Crippen LogP contribution in [0.5, 0.6) is 0 Å². The van der Waals surface area contributed by atoms with Gasteiger partial charge in [-0.15, -0.1) is 11.3 Å². The average molecular weight is 264 g/mol. The van der Waals surface area contributed by atoms with Crippen LogP contribution in [0.1, 0.15) is 29.8 Å². The molecule has 1 N–H and O–H groups in total. The van der Waals surface area contributed by atoms with E-state index in [2.05, 4.69) is 17.2 Å². The second-order valence-electron chi connectivity index (χ2n) is 4.30. The second kappa shape index (κ2) is 6.07. The van der Waals surface area contributed by atoms with Crippen LogP contribution in [0.4, 0.5) is 4.39 Å². The third kappa shape index (κ3) is 3.15. The Morgan fingerprint density at radius 3 is 2.94 bits per heavy atom. The second-order valence-corrected chi connectivity index (χ2v) is 5.02. The van der Waals surface area contributed by atoms with E-state index in [1.807, 2.05) is 23.9 Å². The van der Waals surface area contributed by atoms with Crippen molar-refractivity contribution in [3.05, 3.63) is 51.7 Å². The molecule has 0 amide bonds. The predicted octanol–water partition coefficient (Wildman–Crippen LogP) is 3.48. The first-order chi connectivity index (χ1) is 8.70. The van der Waals surface area contributed by atoms with Crippen LogP contribution in [-0.4, -0.2) is 11.5 Å². The summed E-state index contributed by atoms with van der Waals surface area (Å²) < 4.78 is 13.3. The summed E-state index contributed by atoms with van der Waals surface area (Å²) in [5.41, 5.74) is 5.02. The van der Waals surface area contributed by atoms with E-state index in [9.17, 15) is 4.39 Å². The van der Waals surface area contributed by atoms with Gasteiger partial charge in [-0.1, -0.05) is 13.0 Å². The molecule has 2 rings (SSSR count). The molecule has 1 aromatic carbocycles. The molecule has 0 aliphatic rings. The summed E-state index contributed by atoms with van der Waals surface area (Å²) in [6.45, 7) is 4.95. The maximum atomic E-state index is 13.3. The van der Waals surface area contributed by atoms with Crippen molar-refractivity contribution in [3.8, 4) is 0 Å². The summed E-state index contributed by atoms with van der Waals surface area (Å²) in [5.74, 6) is -0.177. The van der Waals surface area contributed by atoms with Crippen molar-refractivity contribution < 1.29 is 4.39 Å². The largest absolute Gasteiger partial charge is 0.309 e. The van der Waals surface area contributed by atoms with Gasteiger partial charge in [-0.05, 0) is 43.1 Å². The molecule has 1 heterocycles. The molecular weight excluding hydrogens is 247 g/mol. The molecular formula is C14H17FN2S. The lowest BCUT2D eigenvalue weighted by Crippen LogP contribution is -2.23. The van der Waals surface area contributed by atoms with Crippen LogP contribution in [0, 0.1) is 12.7 Å². The Morgan fingerprint density at radius 2 is 2.28 bits per heavy atom. The fourth-order valence-electron chi connectivity index (χ4n) is 2.00. The average Bonchev–Trinajstić information content (AvgIpc) is 2.87. The third-order valence-corrected chi connectivity index (χ3v) is 3.60. The van der Waals surface area contributed by atoms with Gasteiger partial charge in [0.05, 0.1) is 17.2 Å². The van der Waals surface area contributed by atoms with Gasteiger partial charge < -0.3 is 5.32 Å². The standard InChI is InChI=1S/C14H17FN2S/c1-3-16-13(14-8-18-9-17-14)7-11-6-12(15)5-4-10(11)2/h4-6,8-9,13,16H,3,7H2,1-2H3. The van der Waals surface area contributed by atoms with E-state index < -0.39 is 0 Å². The SMILES string of the molecule is CCNC(Cc1cc(F)ccc1C)c1cscn1. The van der Waals surface area contributed by atoms with Gasteiger partial charge in [0, 0.05) is 5.38 Å².